The third kappa shape index (κ3) is 3.90. The van der Waals surface area contributed by atoms with Crippen LogP contribution in [-0.4, -0.2) is 23.4 Å². The number of rotatable bonds is 6. The molecule has 0 aliphatic carbocycles. The fourth-order valence-corrected chi connectivity index (χ4v) is 2.61. The molecule has 1 aromatic carbocycles. The third-order valence-electron chi connectivity index (χ3n) is 3.53. The van der Waals surface area contributed by atoms with Gasteiger partial charge in [-0.15, -0.1) is 0 Å². The Balaban J connectivity index is 2.06. The van der Waals surface area contributed by atoms with E-state index in [9.17, 15) is 4.39 Å². The van der Waals surface area contributed by atoms with Crippen molar-refractivity contribution in [3.8, 4) is 0 Å². The fraction of sp³-hybridized carbons (Fsp3) is 0.438. The molecular formula is C16H22FN3. The van der Waals surface area contributed by atoms with E-state index in [-0.39, 0.29) is 5.82 Å². The molecule has 1 aromatic heterocycles. The minimum absolute atomic E-state index is 0.179. The lowest BCUT2D eigenvalue weighted by atomic mass is 9.94. The Bertz CT molecular complexity index is 545. The lowest BCUT2D eigenvalue weighted by molar-refractivity contribution is 0.476. The third-order valence-corrected chi connectivity index (χ3v) is 3.53. The zero-order valence-electron chi connectivity index (χ0n) is 12.4. The second-order valence-electron chi connectivity index (χ2n) is 5.36. The molecule has 0 fully saturated rings. The smallest absolute Gasteiger partial charge is 0.123 e. The molecule has 0 aliphatic rings. The van der Waals surface area contributed by atoms with Crippen molar-refractivity contribution >= 4 is 0 Å². The maximum atomic E-state index is 13.0. The topological polar surface area (TPSA) is 29.9 Å². The van der Waals surface area contributed by atoms with Crippen LogP contribution in [-0.2, 0) is 19.9 Å². The van der Waals surface area contributed by atoms with E-state index in [0.29, 0.717) is 5.92 Å². The Labute approximate surface area is 119 Å². The lowest BCUT2D eigenvalue weighted by Gasteiger charge is -2.16. The predicted octanol–water partition coefficient (Wildman–Crippen LogP) is 2.49. The highest BCUT2D eigenvalue weighted by atomic mass is 19.1. The second-order valence-corrected chi connectivity index (χ2v) is 5.36. The van der Waals surface area contributed by atoms with Crippen molar-refractivity contribution in [2.24, 2.45) is 13.0 Å². The van der Waals surface area contributed by atoms with E-state index in [0.717, 1.165) is 25.1 Å². The summed E-state index contributed by atoms with van der Waals surface area (Å²) in [6.07, 6.45) is 1.90. The number of nitrogens with zero attached hydrogens (tertiary/aromatic N) is 2. The second kappa shape index (κ2) is 6.66. The first kappa shape index (κ1) is 14.7. The van der Waals surface area contributed by atoms with E-state index in [1.54, 1.807) is 0 Å². The van der Waals surface area contributed by atoms with E-state index in [1.165, 1.54) is 23.4 Å². The van der Waals surface area contributed by atoms with Crippen LogP contribution >= 0.6 is 0 Å². The van der Waals surface area contributed by atoms with E-state index in [4.69, 9.17) is 0 Å². The van der Waals surface area contributed by atoms with Crippen LogP contribution < -0.4 is 5.32 Å². The molecule has 4 heteroatoms. The van der Waals surface area contributed by atoms with Crippen molar-refractivity contribution in [1.29, 1.82) is 0 Å². The maximum Gasteiger partial charge on any atom is 0.123 e. The highest BCUT2D eigenvalue weighted by molar-refractivity contribution is 5.17. The number of hydrogen-bond donors (Lipinski definition) is 1. The van der Waals surface area contributed by atoms with Crippen LogP contribution in [0.1, 0.15) is 17.0 Å². The van der Waals surface area contributed by atoms with Gasteiger partial charge in [0.05, 0.1) is 5.69 Å². The maximum absolute atomic E-state index is 13.0. The molecule has 1 heterocycles. The molecule has 0 radical (unpaired) electrons. The highest BCUT2D eigenvalue weighted by Gasteiger charge is 2.13. The number of benzene rings is 1. The molecule has 0 aliphatic heterocycles. The normalized spacial score (nSPS) is 12.6. The molecule has 0 bridgehead atoms. The molecule has 1 atom stereocenters. The molecule has 0 spiro atoms. The van der Waals surface area contributed by atoms with Crippen LogP contribution in [0.4, 0.5) is 4.39 Å². The van der Waals surface area contributed by atoms with Crippen LogP contribution in [0, 0.1) is 18.7 Å². The first-order chi connectivity index (χ1) is 9.58. The van der Waals surface area contributed by atoms with Gasteiger partial charge < -0.3 is 5.32 Å². The summed E-state index contributed by atoms with van der Waals surface area (Å²) < 4.78 is 14.9. The van der Waals surface area contributed by atoms with Gasteiger partial charge in [0.1, 0.15) is 5.82 Å². The Hall–Kier alpha value is -1.68. The van der Waals surface area contributed by atoms with E-state index >= 15 is 0 Å². The van der Waals surface area contributed by atoms with Crippen molar-refractivity contribution in [2.75, 3.05) is 13.6 Å². The highest BCUT2D eigenvalue weighted by Crippen LogP contribution is 2.15. The number of aryl methyl sites for hydroxylation is 2. The molecule has 108 valence electrons. The van der Waals surface area contributed by atoms with Crippen LogP contribution in [0.2, 0.25) is 0 Å². The van der Waals surface area contributed by atoms with Gasteiger partial charge in [-0.25, -0.2) is 4.39 Å². The molecule has 0 amide bonds. The van der Waals surface area contributed by atoms with Crippen LogP contribution in [0.25, 0.3) is 0 Å². The lowest BCUT2D eigenvalue weighted by Crippen LogP contribution is -2.23. The number of nitrogens with one attached hydrogen (secondary N) is 1. The monoisotopic (exact) mass is 275 g/mol. The summed E-state index contributed by atoms with van der Waals surface area (Å²) in [5.41, 5.74) is 3.46. The molecule has 1 unspecified atom stereocenters. The van der Waals surface area contributed by atoms with Gasteiger partial charge in [-0.2, -0.15) is 5.10 Å². The zero-order chi connectivity index (χ0) is 14.5. The van der Waals surface area contributed by atoms with E-state index < -0.39 is 0 Å². The standard InChI is InChI=1S/C16H22FN3/c1-12-8-16(20(3)19-12)10-14(11-18-2)9-13-4-6-15(17)7-5-13/h4-8,14,18H,9-11H2,1-3H3. The Morgan fingerprint density at radius 1 is 1.25 bits per heavy atom. The summed E-state index contributed by atoms with van der Waals surface area (Å²) in [7, 11) is 3.95. The SMILES string of the molecule is CNCC(Cc1ccc(F)cc1)Cc1cc(C)nn1C. The molecule has 2 rings (SSSR count). The summed E-state index contributed by atoms with van der Waals surface area (Å²) in [5, 5.41) is 7.63. The van der Waals surface area contributed by atoms with Gasteiger partial charge >= 0.3 is 0 Å². The number of halogens is 1. The fourth-order valence-electron chi connectivity index (χ4n) is 2.61. The minimum atomic E-state index is -0.179. The van der Waals surface area contributed by atoms with Gasteiger partial charge in [0.25, 0.3) is 0 Å². The number of aromatic nitrogens is 2. The van der Waals surface area contributed by atoms with Gasteiger partial charge in [0, 0.05) is 12.7 Å². The van der Waals surface area contributed by atoms with Gasteiger partial charge in [-0.3, -0.25) is 4.68 Å². The Morgan fingerprint density at radius 3 is 2.50 bits per heavy atom. The van der Waals surface area contributed by atoms with Gasteiger partial charge in [-0.05, 0) is 63.0 Å². The first-order valence-corrected chi connectivity index (χ1v) is 6.97. The zero-order valence-corrected chi connectivity index (χ0v) is 12.4. The van der Waals surface area contributed by atoms with Gasteiger partial charge in [-0.1, -0.05) is 12.1 Å². The minimum Gasteiger partial charge on any atom is -0.319 e. The van der Waals surface area contributed by atoms with Crippen molar-refractivity contribution < 1.29 is 4.39 Å². The van der Waals surface area contributed by atoms with E-state index in [1.807, 2.05) is 37.8 Å². The van der Waals surface area contributed by atoms with Crippen molar-refractivity contribution in [3.05, 3.63) is 53.1 Å². The van der Waals surface area contributed by atoms with Crippen molar-refractivity contribution in [3.63, 3.8) is 0 Å². The average molecular weight is 275 g/mol. The summed E-state index contributed by atoms with van der Waals surface area (Å²) in [5.74, 6) is 0.293. The van der Waals surface area contributed by atoms with Crippen LogP contribution in [0.5, 0.6) is 0 Å². The van der Waals surface area contributed by atoms with Crippen LogP contribution in [0.15, 0.2) is 30.3 Å². The summed E-state index contributed by atoms with van der Waals surface area (Å²) in [4.78, 5) is 0. The van der Waals surface area contributed by atoms with Crippen molar-refractivity contribution in [2.45, 2.75) is 19.8 Å². The Kier molecular flexibility index (Phi) is 4.90. The molecule has 2 aromatic rings. The molecule has 3 nitrogen and oxygen atoms in total. The molecular weight excluding hydrogens is 253 g/mol. The summed E-state index contributed by atoms with van der Waals surface area (Å²) >= 11 is 0. The average Bonchev–Trinajstić information content (AvgIpc) is 2.71. The quantitative estimate of drug-likeness (QED) is 0.878. The largest absolute Gasteiger partial charge is 0.319 e. The molecule has 20 heavy (non-hydrogen) atoms. The predicted molar refractivity (Wildman–Crippen MR) is 79.2 cm³/mol. The molecule has 0 saturated heterocycles. The molecule has 0 saturated carbocycles. The summed E-state index contributed by atoms with van der Waals surface area (Å²) in [6.45, 7) is 2.94. The van der Waals surface area contributed by atoms with E-state index in [2.05, 4.69) is 16.5 Å². The Morgan fingerprint density at radius 2 is 1.95 bits per heavy atom. The van der Waals surface area contributed by atoms with Crippen LogP contribution in [0.3, 0.4) is 0 Å². The van der Waals surface area contributed by atoms with Crippen molar-refractivity contribution in [1.82, 2.24) is 15.1 Å². The first-order valence-electron chi connectivity index (χ1n) is 6.97. The summed E-state index contributed by atoms with van der Waals surface area (Å²) in [6, 6.07) is 8.92. The van der Waals surface area contributed by atoms with Gasteiger partial charge in [0.2, 0.25) is 0 Å². The molecule has 1 N–H and O–H groups in total. The number of hydrogen-bond acceptors (Lipinski definition) is 2. The van der Waals surface area contributed by atoms with Gasteiger partial charge in [0.15, 0.2) is 0 Å².